The predicted molar refractivity (Wildman–Crippen MR) is 63.0 cm³/mol. The number of aliphatic carboxylic acids is 1. The van der Waals surface area contributed by atoms with Gasteiger partial charge in [0.05, 0.1) is 0 Å². The Kier molecular flexibility index (Phi) is 4.93. The maximum absolute atomic E-state index is 11.0. The van der Waals surface area contributed by atoms with E-state index >= 15 is 0 Å². The summed E-state index contributed by atoms with van der Waals surface area (Å²) in [6.07, 6.45) is 2.34. The normalized spacial score (nSPS) is 12.7. The van der Waals surface area contributed by atoms with Gasteiger partial charge < -0.3 is 14.9 Å². The van der Waals surface area contributed by atoms with Crippen LogP contribution < -0.4 is 5.32 Å². The number of carboxylic acids is 1. The van der Waals surface area contributed by atoms with Crippen molar-refractivity contribution < 1.29 is 14.4 Å². The summed E-state index contributed by atoms with van der Waals surface area (Å²) in [5.41, 5.74) is 0. The Balaban J connectivity index is 2.62. The van der Waals surface area contributed by atoms with Crippen molar-refractivity contribution in [2.45, 2.75) is 52.0 Å². The van der Waals surface area contributed by atoms with Gasteiger partial charge in [-0.1, -0.05) is 38.8 Å². The van der Waals surface area contributed by atoms with Gasteiger partial charge in [-0.05, 0) is 6.42 Å². The van der Waals surface area contributed by atoms with Gasteiger partial charge in [0.25, 0.3) is 0 Å². The summed E-state index contributed by atoms with van der Waals surface area (Å²) in [6, 6.07) is -0.493. The fourth-order valence-corrected chi connectivity index (χ4v) is 1.34. The van der Waals surface area contributed by atoms with E-state index in [0.29, 0.717) is 12.2 Å². The lowest BCUT2D eigenvalue weighted by Gasteiger charge is -2.11. The van der Waals surface area contributed by atoms with E-state index in [1.165, 1.54) is 0 Å². The molecule has 6 nitrogen and oxygen atoms in total. The fraction of sp³-hybridized carbons (Fsp3) is 0.727. The molecular weight excluding hydrogens is 222 g/mol. The summed E-state index contributed by atoms with van der Waals surface area (Å²) in [5, 5.41) is 15.5. The predicted octanol–water partition coefficient (Wildman–Crippen LogP) is 2.25. The van der Waals surface area contributed by atoms with E-state index in [-0.39, 0.29) is 11.9 Å². The van der Waals surface area contributed by atoms with Gasteiger partial charge in [-0.15, -0.1) is 0 Å². The minimum absolute atomic E-state index is 0.160. The smallest absolute Gasteiger partial charge is 0.326 e. The van der Waals surface area contributed by atoms with E-state index in [0.717, 1.165) is 12.8 Å². The van der Waals surface area contributed by atoms with Crippen molar-refractivity contribution in [3.63, 3.8) is 0 Å². The molecule has 2 N–H and O–H groups in total. The Labute approximate surface area is 100 Å². The van der Waals surface area contributed by atoms with Crippen LogP contribution in [0.4, 0.5) is 6.01 Å². The molecule has 0 aliphatic carbocycles. The molecule has 0 amide bonds. The van der Waals surface area contributed by atoms with E-state index in [4.69, 9.17) is 9.63 Å². The lowest BCUT2D eigenvalue weighted by molar-refractivity contribution is -0.138. The first-order chi connectivity index (χ1) is 8.04. The third kappa shape index (κ3) is 4.05. The topological polar surface area (TPSA) is 88.3 Å². The van der Waals surface area contributed by atoms with E-state index in [9.17, 15) is 4.79 Å². The Morgan fingerprint density at radius 1 is 1.53 bits per heavy atom. The molecule has 0 aliphatic heterocycles. The summed E-state index contributed by atoms with van der Waals surface area (Å²) >= 11 is 0. The second-order valence-corrected chi connectivity index (χ2v) is 4.29. The Morgan fingerprint density at radius 2 is 2.24 bits per heavy atom. The highest BCUT2D eigenvalue weighted by atomic mass is 16.5. The lowest BCUT2D eigenvalue weighted by Crippen LogP contribution is -2.29. The number of nitrogens with one attached hydrogen (secondary N) is 1. The summed E-state index contributed by atoms with van der Waals surface area (Å²) in [4.78, 5) is 15.1. The van der Waals surface area contributed by atoms with Crippen molar-refractivity contribution in [2.24, 2.45) is 0 Å². The number of hydrogen-bond donors (Lipinski definition) is 2. The molecule has 0 saturated carbocycles. The van der Waals surface area contributed by atoms with Gasteiger partial charge in [0.1, 0.15) is 6.04 Å². The number of anilines is 1. The van der Waals surface area contributed by atoms with Crippen LogP contribution in [0.15, 0.2) is 4.52 Å². The van der Waals surface area contributed by atoms with Crippen molar-refractivity contribution in [1.29, 1.82) is 0 Å². The minimum atomic E-state index is -0.900. The number of nitrogens with zero attached hydrogens (tertiary/aromatic N) is 2. The first-order valence-electron chi connectivity index (χ1n) is 5.87. The first kappa shape index (κ1) is 13.5. The molecule has 0 bridgehead atoms. The molecular formula is C11H19N3O3. The van der Waals surface area contributed by atoms with Crippen LogP contribution in [-0.2, 0) is 4.79 Å². The monoisotopic (exact) mass is 241 g/mol. The number of aromatic nitrogens is 2. The maximum atomic E-state index is 11.0. The minimum Gasteiger partial charge on any atom is -0.480 e. The molecule has 1 aromatic rings. The molecule has 1 rings (SSSR count). The molecule has 1 aromatic heterocycles. The highest BCUT2D eigenvalue weighted by molar-refractivity contribution is 5.76. The molecule has 0 saturated heterocycles. The zero-order chi connectivity index (χ0) is 12.8. The van der Waals surface area contributed by atoms with Crippen LogP contribution in [0, 0.1) is 0 Å². The van der Waals surface area contributed by atoms with Crippen molar-refractivity contribution in [1.82, 2.24) is 10.1 Å². The van der Waals surface area contributed by atoms with Crippen LogP contribution in [-0.4, -0.2) is 27.3 Å². The molecule has 0 unspecified atom stereocenters. The molecule has 17 heavy (non-hydrogen) atoms. The third-order valence-electron chi connectivity index (χ3n) is 2.40. The largest absolute Gasteiger partial charge is 0.480 e. The second kappa shape index (κ2) is 6.22. The van der Waals surface area contributed by atoms with Gasteiger partial charge in [-0.25, -0.2) is 4.79 Å². The first-order valence-corrected chi connectivity index (χ1v) is 5.87. The molecule has 6 heteroatoms. The highest BCUT2D eigenvalue weighted by Crippen LogP contribution is 2.14. The van der Waals surface area contributed by atoms with Crippen LogP contribution in [0.2, 0.25) is 0 Å². The summed E-state index contributed by atoms with van der Waals surface area (Å²) in [5.74, 6) is -0.164. The third-order valence-corrected chi connectivity index (χ3v) is 2.40. The number of hydrogen-bond acceptors (Lipinski definition) is 5. The molecule has 0 fully saturated rings. The van der Waals surface area contributed by atoms with Crippen LogP contribution in [0.3, 0.4) is 0 Å². The highest BCUT2D eigenvalue weighted by Gasteiger charge is 2.19. The van der Waals surface area contributed by atoms with Crippen molar-refractivity contribution in [3.05, 3.63) is 5.82 Å². The summed E-state index contributed by atoms with van der Waals surface area (Å²) in [7, 11) is 0. The van der Waals surface area contributed by atoms with Gasteiger partial charge in [0.15, 0.2) is 5.82 Å². The van der Waals surface area contributed by atoms with Gasteiger partial charge in [0, 0.05) is 5.92 Å². The SMILES string of the molecule is CCCC[C@H](Nc1nc(C(C)C)no1)C(=O)O. The van der Waals surface area contributed by atoms with E-state index in [1.807, 2.05) is 20.8 Å². The Hall–Kier alpha value is -1.59. The molecule has 96 valence electrons. The molecule has 0 radical (unpaired) electrons. The average molecular weight is 241 g/mol. The molecule has 0 aromatic carbocycles. The number of carbonyl (C=O) groups is 1. The van der Waals surface area contributed by atoms with Crippen LogP contribution >= 0.6 is 0 Å². The fourth-order valence-electron chi connectivity index (χ4n) is 1.34. The maximum Gasteiger partial charge on any atom is 0.326 e. The summed E-state index contributed by atoms with van der Waals surface area (Å²) in [6.45, 7) is 5.91. The molecule has 0 aliphatic rings. The average Bonchev–Trinajstić information content (AvgIpc) is 2.72. The Morgan fingerprint density at radius 3 is 2.71 bits per heavy atom. The van der Waals surface area contributed by atoms with Gasteiger partial charge in [-0.2, -0.15) is 4.98 Å². The molecule has 1 heterocycles. The van der Waals surface area contributed by atoms with Gasteiger partial charge >= 0.3 is 12.0 Å². The van der Waals surface area contributed by atoms with Gasteiger partial charge in [-0.3, -0.25) is 0 Å². The van der Waals surface area contributed by atoms with Crippen molar-refractivity contribution in [3.8, 4) is 0 Å². The van der Waals surface area contributed by atoms with Crippen LogP contribution in [0.5, 0.6) is 0 Å². The van der Waals surface area contributed by atoms with Gasteiger partial charge in [0.2, 0.25) is 0 Å². The van der Waals surface area contributed by atoms with Crippen LogP contribution in [0.1, 0.15) is 51.8 Å². The van der Waals surface area contributed by atoms with E-state index in [2.05, 4.69) is 15.5 Å². The quantitative estimate of drug-likeness (QED) is 0.761. The van der Waals surface area contributed by atoms with Crippen molar-refractivity contribution in [2.75, 3.05) is 5.32 Å². The summed E-state index contributed by atoms with van der Waals surface area (Å²) < 4.78 is 4.95. The van der Waals surface area contributed by atoms with E-state index < -0.39 is 12.0 Å². The molecule has 0 spiro atoms. The second-order valence-electron chi connectivity index (χ2n) is 4.29. The lowest BCUT2D eigenvalue weighted by atomic mass is 10.1. The standard InChI is InChI=1S/C11H19N3O3/c1-4-5-6-8(10(15)16)12-11-13-9(7(2)3)14-17-11/h7-8H,4-6H2,1-3H3,(H,15,16)(H,12,13,14)/t8-/m0/s1. The van der Waals surface area contributed by atoms with Crippen LogP contribution in [0.25, 0.3) is 0 Å². The van der Waals surface area contributed by atoms with E-state index in [1.54, 1.807) is 0 Å². The number of rotatable bonds is 7. The number of carboxylic acid groups (broad SMARTS) is 1. The Bertz CT molecular complexity index is 363. The zero-order valence-electron chi connectivity index (χ0n) is 10.4. The molecule has 1 atom stereocenters. The van der Waals surface area contributed by atoms with Crippen molar-refractivity contribution >= 4 is 12.0 Å². The zero-order valence-corrected chi connectivity index (χ0v) is 10.4. The number of unbranched alkanes of at least 4 members (excludes halogenated alkanes) is 1.